The van der Waals surface area contributed by atoms with Crippen LogP contribution in [0.15, 0.2) is 9.68 Å². The number of hydrogen-bond donors (Lipinski definition) is 0. The molecule has 0 rings (SSSR count). The van der Waals surface area contributed by atoms with Gasteiger partial charge in [-0.2, -0.15) is 0 Å². The molecule has 0 unspecified atom stereocenters. The predicted molar refractivity (Wildman–Crippen MR) is 76.1 cm³/mol. The second-order valence-electron chi connectivity index (χ2n) is 5.69. The highest BCUT2D eigenvalue weighted by Crippen LogP contribution is 2.24. The van der Waals surface area contributed by atoms with Crippen LogP contribution in [0.2, 0.25) is 39.3 Å². The first kappa shape index (κ1) is 14.2. The fourth-order valence-corrected chi connectivity index (χ4v) is 2.75. The van der Waals surface area contributed by atoms with Gasteiger partial charge >= 0.3 is 0 Å². The Morgan fingerprint density at radius 3 is 1.71 bits per heavy atom. The molecule has 0 aliphatic heterocycles. The molecule has 0 amide bonds. The van der Waals surface area contributed by atoms with E-state index in [9.17, 15) is 0 Å². The fourth-order valence-electron chi connectivity index (χ4n) is 0.899. The average molecular weight is 289 g/mol. The minimum Gasteiger partial charge on any atom is -0.127 e. The van der Waals surface area contributed by atoms with Crippen molar-refractivity contribution in [3.05, 3.63) is 9.68 Å². The van der Waals surface area contributed by atoms with Gasteiger partial charge in [0.2, 0.25) is 0 Å². The summed E-state index contributed by atoms with van der Waals surface area (Å²) in [7, 11) is -2.44. The molecule has 0 spiro atoms. The third-order valence-corrected chi connectivity index (χ3v) is 8.34. The molecule has 0 saturated heterocycles. The van der Waals surface area contributed by atoms with Crippen molar-refractivity contribution in [3.8, 4) is 11.5 Å². The van der Waals surface area contributed by atoms with Crippen LogP contribution in [-0.2, 0) is 0 Å². The largest absolute Gasteiger partial charge is 0.129 e. The first-order chi connectivity index (χ1) is 6.04. The first-order valence-corrected chi connectivity index (χ1v) is 12.7. The van der Waals surface area contributed by atoms with Gasteiger partial charge in [-0.3, -0.25) is 0 Å². The van der Waals surface area contributed by atoms with Crippen LogP contribution in [0.5, 0.6) is 0 Å². The summed E-state index contributed by atoms with van der Waals surface area (Å²) in [4.78, 5) is 0. The zero-order valence-electron chi connectivity index (χ0n) is 10.4. The molecule has 0 aromatic rings. The number of halogens is 1. The van der Waals surface area contributed by atoms with Crippen LogP contribution < -0.4 is 0 Å². The van der Waals surface area contributed by atoms with Crippen LogP contribution in [0.1, 0.15) is 6.92 Å². The second-order valence-corrected chi connectivity index (χ2v) is 17.0. The van der Waals surface area contributed by atoms with Gasteiger partial charge in [-0.25, -0.2) is 0 Å². The smallest absolute Gasteiger partial charge is 0.127 e. The van der Waals surface area contributed by atoms with Gasteiger partial charge in [-0.05, 0) is 11.0 Å². The van der Waals surface area contributed by atoms with Crippen molar-refractivity contribution >= 4 is 32.1 Å². The van der Waals surface area contributed by atoms with Crippen molar-refractivity contribution in [2.24, 2.45) is 0 Å². The van der Waals surface area contributed by atoms with Gasteiger partial charge in [-0.1, -0.05) is 61.1 Å². The number of hydrogen-bond acceptors (Lipinski definition) is 0. The molecule has 0 aromatic heterocycles. The summed E-state index contributed by atoms with van der Waals surface area (Å²) in [6.45, 7) is 15.9. The Bertz CT molecular complexity index is 292. The summed E-state index contributed by atoms with van der Waals surface area (Å²) in [5.74, 6) is 3.31. The van der Waals surface area contributed by atoms with Crippen LogP contribution in [0.4, 0.5) is 0 Å². The fraction of sp³-hybridized carbons (Fsp3) is 0.636. The van der Waals surface area contributed by atoms with Crippen molar-refractivity contribution in [3.63, 3.8) is 0 Å². The van der Waals surface area contributed by atoms with Crippen molar-refractivity contribution < 1.29 is 0 Å². The van der Waals surface area contributed by atoms with Gasteiger partial charge in [0.25, 0.3) is 0 Å². The van der Waals surface area contributed by atoms with Gasteiger partial charge in [-0.15, -0.1) is 5.54 Å². The maximum absolute atomic E-state index is 3.69. The molecular weight excluding hydrogens is 268 g/mol. The van der Waals surface area contributed by atoms with Gasteiger partial charge in [0.15, 0.2) is 0 Å². The van der Waals surface area contributed by atoms with Gasteiger partial charge in [0, 0.05) is 5.57 Å². The van der Waals surface area contributed by atoms with Crippen LogP contribution in [0.25, 0.3) is 0 Å². The first-order valence-electron chi connectivity index (χ1n) is 4.94. The second kappa shape index (κ2) is 4.82. The molecule has 0 atom stereocenters. The number of rotatable bonds is 1. The Labute approximate surface area is 99.3 Å². The molecule has 80 valence electrons. The molecule has 14 heavy (non-hydrogen) atoms. The Balaban J connectivity index is 4.94. The predicted octanol–water partition coefficient (Wildman–Crippen LogP) is 4.41. The summed E-state index contributed by atoms with van der Waals surface area (Å²) in [6, 6.07) is 0. The topological polar surface area (TPSA) is 0 Å². The lowest BCUT2D eigenvalue weighted by molar-refractivity contribution is 1.56. The molecule has 0 bridgehead atoms. The maximum atomic E-state index is 3.69. The van der Waals surface area contributed by atoms with Crippen molar-refractivity contribution in [2.75, 3.05) is 0 Å². The lowest BCUT2D eigenvalue weighted by Gasteiger charge is -2.16. The van der Waals surface area contributed by atoms with E-state index in [-0.39, 0.29) is 0 Å². The van der Waals surface area contributed by atoms with Crippen molar-refractivity contribution in [1.82, 2.24) is 0 Å². The van der Waals surface area contributed by atoms with Crippen LogP contribution in [0.3, 0.4) is 0 Å². The molecule has 0 heterocycles. The van der Waals surface area contributed by atoms with Crippen LogP contribution in [-0.4, -0.2) is 16.1 Å². The minimum absolute atomic E-state index is 1.21. The highest BCUT2D eigenvalue weighted by atomic mass is 79.9. The van der Waals surface area contributed by atoms with E-state index < -0.39 is 16.1 Å². The van der Waals surface area contributed by atoms with E-state index >= 15 is 0 Å². The molecule has 0 aromatic carbocycles. The van der Waals surface area contributed by atoms with Gasteiger partial charge in [0.1, 0.15) is 8.07 Å². The Hall–Kier alpha value is 0.214. The van der Waals surface area contributed by atoms with E-state index in [1.54, 1.807) is 0 Å². The molecule has 3 heteroatoms. The average Bonchev–Trinajstić information content (AvgIpc) is 1.95. The molecule has 0 fully saturated rings. The van der Waals surface area contributed by atoms with Crippen LogP contribution >= 0.6 is 15.9 Å². The molecule has 0 saturated carbocycles. The molecular formula is C11H21BrSi2. The summed E-state index contributed by atoms with van der Waals surface area (Å²) in [5.41, 5.74) is 4.63. The third-order valence-electron chi connectivity index (χ3n) is 1.61. The summed E-state index contributed by atoms with van der Waals surface area (Å²) in [6.07, 6.45) is 0. The minimum atomic E-state index is -1.23. The zero-order valence-corrected chi connectivity index (χ0v) is 14.0. The van der Waals surface area contributed by atoms with Crippen molar-refractivity contribution in [2.45, 2.75) is 46.2 Å². The van der Waals surface area contributed by atoms with E-state index in [2.05, 4.69) is 73.6 Å². The SMILES string of the molecule is C/C(C#C[Si](C)(C)C)=C(/Br)[Si](C)(C)C. The molecule has 0 aliphatic carbocycles. The third kappa shape index (κ3) is 5.84. The van der Waals surface area contributed by atoms with Gasteiger partial charge < -0.3 is 0 Å². The molecule has 0 N–H and O–H groups in total. The summed E-state index contributed by atoms with van der Waals surface area (Å²) < 4.78 is 1.36. The van der Waals surface area contributed by atoms with E-state index in [0.29, 0.717) is 0 Å². The quantitative estimate of drug-likeness (QED) is 0.495. The zero-order chi connectivity index (χ0) is 11.6. The highest BCUT2D eigenvalue weighted by Gasteiger charge is 2.19. The van der Waals surface area contributed by atoms with Crippen LogP contribution in [0, 0.1) is 11.5 Å². The number of allylic oxidation sites excluding steroid dienone is 1. The van der Waals surface area contributed by atoms with E-state index in [0.717, 1.165) is 0 Å². The van der Waals surface area contributed by atoms with Gasteiger partial charge in [0.05, 0.1) is 8.07 Å². The summed E-state index contributed by atoms with van der Waals surface area (Å²) in [5, 5.41) is 0. The highest BCUT2D eigenvalue weighted by molar-refractivity contribution is 9.12. The van der Waals surface area contributed by atoms with Crippen molar-refractivity contribution in [1.29, 1.82) is 0 Å². The van der Waals surface area contributed by atoms with E-state index in [1.165, 1.54) is 9.68 Å². The Morgan fingerprint density at radius 2 is 1.43 bits per heavy atom. The monoisotopic (exact) mass is 288 g/mol. The van der Waals surface area contributed by atoms with E-state index in [4.69, 9.17) is 0 Å². The Kier molecular flexibility index (Phi) is 4.90. The maximum Gasteiger partial charge on any atom is 0.129 e. The lowest BCUT2D eigenvalue weighted by Crippen LogP contribution is -2.21. The standard InChI is InChI=1S/C11H21BrSi2/c1-10(8-9-13(2,3)4)11(12)14(5,6)7/h1-7H3/b11-10+. The lowest BCUT2D eigenvalue weighted by atomic mass is 10.4. The molecule has 0 aliphatic rings. The Morgan fingerprint density at radius 1 is 1.00 bits per heavy atom. The normalized spacial score (nSPS) is 14.3. The molecule has 0 nitrogen and oxygen atoms in total. The summed E-state index contributed by atoms with van der Waals surface area (Å²) >= 11 is 3.69. The molecule has 0 radical (unpaired) electrons. The van der Waals surface area contributed by atoms with E-state index in [1.807, 2.05) is 0 Å².